The Labute approximate surface area is 345 Å². The van der Waals surface area contributed by atoms with Crippen LogP contribution in [-0.4, -0.2) is 46.3 Å². The molecule has 312 valence electrons. The molecule has 4 fully saturated rings. The van der Waals surface area contributed by atoms with Crippen molar-refractivity contribution in [2.45, 2.75) is 157 Å². The molecule has 0 aromatic rings. The standard InChI is InChI=1S/2C14H18O2.2C11H14O2/c2*1-9(2)10-6-11-8-12(15)4-5-14(11,3)13(16)7-10;2*1-11-6-5-9(12)7-8(11)3-2-4-10(11)13/h2*8,10H,1,4-7H2,2-3H3;2*7H,2-6H2,1H3/t2*10-,14-;2*11-/m1010/s1. The normalized spacial score (nSPS) is 34.2. The Kier molecular flexibility index (Phi) is 13.6. The summed E-state index contributed by atoms with van der Waals surface area (Å²) in [4.78, 5) is 93.0. The largest absolute Gasteiger partial charge is 0.299 e. The number of fused-ring (bicyclic) bond motifs is 4. The van der Waals surface area contributed by atoms with Gasteiger partial charge in [0.25, 0.3) is 0 Å². The Balaban J connectivity index is 0.000000148. The average molecular weight is 793 g/mol. The fourth-order valence-corrected chi connectivity index (χ4v) is 10.1. The summed E-state index contributed by atoms with van der Waals surface area (Å²) in [6.07, 6.45) is 19.8. The number of rotatable bonds is 2. The van der Waals surface area contributed by atoms with Gasteiger partial charge in [0.15, 0.2) is 23.1 Å². The van der Waals surface area contributed by atoms with E-state index in [0.29, 0.717) is 75.8 Å². The molecule has 0 unspecified atom stereocenters. The molecule has 0 N–H and O–H groups in total. The summed E-state index contributed by atoms with van der Waals surface area (Å²) in [5, 5.41) is 0. The number of ketones is 8. The minimum Gasteiger partial charge on any atom is -0.299 e. The molecule has 6 atom stereocenters. The molecule has 0 amide bonds. The van der Waals surface area contributed by atoms with E-state index in [1.165, 1.54) is 0 Å². The molecule has 0 spiro atoms. The third-order valence-electron chi connectivity index (χ3n) is 15.0. The lowest BCUT2D eigenvalue weighted by Crippen LogP contribution is -2.39. The predicted molar refractivity (Wildman–Crippen MR) is 225 cm³/mol. The second-order valence-corrected chi connectivity index (χ2v) is 19.2. The zero-order valence-corrected chi connectivity index (χ0v) is 35.9. The molecule has 0 radical (unpaired) electrons. The highest BCUT2D eigenvalue weighted by Crippen LogP contribution is 2.49. The second kappa shape index (κ2) is 17.6. The van der Waals surface area contributed by atoms with Gasteiger partial charge in [-0.2, -0.15) is 0 Å². The Morgan fingerprint density at radius 1 is 0.414 bits per heavy atom. The first kappa shape index (κ1) is 44.9. The Morgan fingerprint density at radius 2 is 0.690 bits per heavy atom. The van der Waals surface area contributed by atoms with E-state index in [0.717, 1.165) is 84.8 Å². The van der Waals surface area contributed by atoms with Crippen LogP contribution in [0.2, 0.25) is 0 Å². The topological polar surface area (TPSA) is 137 Å². The SMILES string of the molecule is C=C(C)[C@@H]1CC(=O)[C@@]2(C)CCC(=O)C=C2C1.C=C(C)[C@H]1CC(=O)[C@]2(C)CCC(=O)C=C2C1.C[C@@]12CCC(=O)C=C1CCCC2=O.C[C@]12CCC(=O)C=C1CCCC2=O. The van der Waals surface area contributed by atoms with E-state index in [4.69, 9.17) is 0 Å². The van der Waals surface area contributed by atoms with Gasteiger partial charge in [-0.1, -0.05) is 46.6 Å². The number of carbonyl (C=O) groups is 8. The van der Waals surface area contributed by atoms with Crippen LogP contribution in [0.15, 0.2) is 70.9 Å². The van der Waals surface area contributed by atoms with Crippen LogP contribution in [0, 0.1) is 33.5 Å². The van der Waals surface area contributed by atoms with Gasteiger partial charge in [-0.3, -0.25) is 38.4 Å². The van der Waals surface area contributed by atoms with Crippen molar-refractivity contribution in [1.29, 1.82) is 0 Å². The van der Waals surface area contributed by atoms with Crippen LogP contribution in [0.5, 0.6) is 0 Å². The zero-order valence-electron chi connectivity index (χ0n) is 35.9. The van der Waals surface area contributed by atoms with Gasteiger partial charge < -0.3 is 0 Å². The molecular weight excluding hydrogens is 729 g/mol. The van der Waals surface area contributed by atoms with E-state index in [2.05, 4.69) is 13.2 Å². The summed E-state index contributed by atoms with van der Waals surface area (Å²) in [6, 6.07) is 0. The maximum Gasteiger partial charge on any atom is 0.155 e. The van der Waals surface area contributed by atoms with E-state index in [9.17, 15) is 38.4 Å². The van der Waals surface area contributed by atoms with E-state index in [1.54, 1.807) is 24.3 Å². The summed E-state index contributed by atoms with van der Waals surface area (Å²) in [5.41, 5.74) is 5.04. The molecule has 8 aliphatic carbocycles. The van der Waals surface area contributed by atoms with Crippen LogP contribution in [0.25, 0.3) is 0 Å². The lowest BCUT2D eigenvalue weighted by atomic mass is 9.62. The highest BCUT2D eigenvalue weighted by atomic mass is 16.2. The molecular formula is C50H64O8. The summed E-state index contributed by atoms with van der Waals surface area (Å²) in [6.45, 7) is 19.7. The van der Waals surface area contributed by atoms with E-state index < -0.39 is 0 Å². The number of hydrogen-bond donors (Lipinski definition) is 0. The first-order chi connectivity index (χ1) is 27.1. The molecule has 0 bridgehead atoms. The van der Waals surface area contributed by atoms with Crippen molar-refractivity contribution >= 4 is 46.3 Å². The first-order valence-electron chi connectivity index (χ1n) is 21.5. The van der Waals surface area contributed by atoms with Crippen molar-refractivity contribution in [2.75, 3.05) is 0 Å². The van der Waals surface area contributed by atoms with Crippen molar-refractivity contribution in [3.05, 3.63) is 70.9 Å². The monoisotopic (exact) mass is 792 g/mol. The molecule has 0 aromatic heterocycles. The summed E-state index contributed by atoms with van der Waals surface area (Å²) >= 11 is 0. The fourth-order valence-electron chi connectivity index (χ4n) is 10.1. The summed E-state index contributed by atoms with van der Waals surface area (Å²) < 4.78 is 0. The van der Waals surface area contributed by atoms with Crippen LogP contribution in [0.1, 0.15) is 157 Å². The van der Waals surface area contributed by atoms with Crippen molar-refractivity contribution in [3.63, 3.8) is 0 Å². The van der Waals surface area contributed by atoms with Crippen molar-refractivity contribution in [1.82, 2.24) is 0 Å². The summed E-state index contributed by atoms with van der Waals surface area (Å²) in [5.74, 6) is 2.43. The molecule has 8 aliphatic rings. The number of hydrogen-bond acceptors (Lipinski definition) is 8. The average Bonchev–Trinajstić information content (AvgIpc) is 3.16. The molecule has 0 heterocycles. The van der Waals surface area contributed by atoms with Gasteiger partial charge in [-0.15, -0.1) is 0 Å². The van der Waals surface area contributed by atoms with Crippen LogP contribution in [0.4, 0.5) is 0 Å². The smallest absolute Gasteiger partial charge is 0.155 e. The van der Waals surface area contributed by atoms with Crippen LogP contribution in [0.3, 0.4) is 0 Å². The summed E-state index contributed by atoms with van der Waals surface area (Å²) in [7, 11) is 0. The van der Waals surface area contributed by atoms with Crippen molar-refractivity contribution in [2.24, 2.45) is 33.5 Å². The molecule has 58 heavy (non-hydrogen) atoms. The molecule has 8 nitrogen and oxygen atoms in total. The molecule has 8 rings (SSSR count). The third-order valence-corrected chi connectivity index (χ3v) is 15.0. The van der Waals surface area contributed by atoms with Gasteiger partial charge in [0.2, 0.25) is 0 Å². The number of allylic oxidation sites excluding steroid dienone is 10. The fraction of sp³-hybridized carbons (Fsp3) is 0.600. The lowest BCUT2D eigenvalue weighted by Gasteiger charge is -2.40. The molecule has 8 heteroatoms. The lowest BCUT2D eigenvalue weighted by molar-refractivity contribution is -0.131. The van der Waals surface area contributed by atoms with Gasteiger partial charge >= 0.3 is 0 Å². The van der Waals surface area contributed by atoms with Crippen LogP contribution < -0.4 is 0 Å². The van der Waals surface area contributed by atoms with Gasteiger partial charge in [0, 0.05) is 73.0 Å². The van der Waals surface area contributed by atoms with E-state index >= 15 is 0 Å². The van der Waals surface area contributed by atoms with E-state index in [1.807, 2.05) is 41.5 Å². The van der Waals surface area contributed by atoms with Crippen molar-refractivity contribution in [3.8, 4) is 0 Å². The molecule has 0 aromatic carbocycles. The molecule has 0 saturated heterocycles. The first-order valence-corrected chi connectivity index (χ1v) is 21.5. The number of Topliss-reactive ketones (excluding diaryl/α,β-unsaturated/α-hetero) is 4. The Hall–Kier alpha value is -4.20. The minimum atomic E-state index is -0.361. The maximum absolute atomic E-state index is 12.2. The minimum absolute atomic E-state index is 0.169. The quantitative estimate of drug-likeness (QED) is 0.252. The van der Waals surface area contributed by atoms with E-state index in [-0.39, 0.29) is 68.2 Å². The molecule has 0 aliphatic heterocycles. The zero-order chi connectivity index (χ0) is 42.8. The van der Waals surface area contributed by atoms with Gasteiger partial charge in [0.05, 0.1) is 0 Å². The van der Waals surface area contributed by atoms with Gasteiger partial charge in [-0.25, -0.2) is 0 Å². The van der Waals surface area contributed by atoms with Gasteiger partial charge in [-0.05, 0) is 142 Å². The van der Waals surface area contributed by atoms with Crippen LogP contribution >= 0.6 is 0 Å². The highest BCUT2D eigenvalue weighted by molar-refractivity contribution is 6.00. The van der Waals surface area contributed by atoms with Crippen LogP contribution in [-0.2, 0) is 38.4 Å². The second-order valence-electron chi connectivity index (χ2n) is 19.2. The third kappa shape index (κ3) is 9.31. The number of carbonyl (C=O) groups excluding carboxylic acids is 8. The Bertz CT molecular complexity index is 1830. The Morgan fingerprint density at radius 3 is 0.983 bits per heavy atom. The maximum atomic E-state index is 12.2. The highest BCUT2D eigenvalue weighted by Gasteiger charge is 2.46. The van der Waals surface area contributed by atoms with Crippen molar-refractivity contribution < 1.29 is 38.4 Å². The predicted octanol–water partition coefficient (Wildman–Crippen LogP) is 9.74. The van der Waals surface area contributed by atoms with Gasteiger partial charge in [0.1, 0.15) is 23.1 Å². The molecule has 4 saturated carbocycles.